The Morgan fingerprint density at radius 2 is 2.07 bits per heavy atom. The number of nitrogens with zero attached hydrogens (tertiary/aromatic N) is 4. The van der Waals surface area contributed by atoms with E-state index < -0.39 is 0 Å². The summed E-state index contributed by atoms with van der Waals surface area (Å²) in [4.78, 5) is 6.96. The molecule has 1 saturated carbocycles. The molecule has 1 aliphatic heterocycles. The molecule has 6 nitrogen and oxygen atoms in total. The zero-order chi connectivity index (χ0) is 21.0. The number of aromatic nitrogens is 2. The number of guanidine groups is 1. The number of aliphatic imine (C=N–C) groups is 1. The molecule has 2 heterocycles. The number of rotatable bonds is 4. The minimum absolute atomic E-state index is 0.0333. The van der Waals surface area contributed by atoms with E-state index in [1.165, 1.54) is 43.2 Å². The molecule has 0 radical (unpaired) electrons. The van der Waals surface area contributed by atoms with Crippen molar-refractivity contribution in [3.63, 3.8) is 0 Å². The lowest BCUT2D eigenvalue weighted by Gasteiger charge is -2.41. The van der Waals surface area contributed by atoms with E-state index in [1.54, 1.807) is 0 Å². The van der Waals surface area contributed by atoms with Crippen molar-refractivity contribution < 1.29 is 4.74 Å². The minimum Gasteiger partial charge on any atom is -0.370 e. The van der Waals surface area contributed by atoms with Crippen LogP contribution in [0, 0.1) is 6.92 Å². The normalized spacial score (nSPS) is 22.2. The first-order chi connectivity index (χ1) is 14.6. The first-order valence-corrected chi connectivity index (χ1v) is 11.2. The third-order valence-corrected chi connectivity index (χ3v) is 6.79. The molecule has 1 saturated heterocycles. The Labute approximate surface area is 180 Å². The van der Waals surface area contributed by atoms with Crippen molar-refractivity contribution in [3.8, 4) is 0 Å². The van der Waals surface area contributed by atoms with Crippen LogP contribution in [0.4, 0.5) is 0 Å². The molecule has 2 aromatic rings. The Morgan fingerprint density at radius 1 is 1.27 bits per heavy atom. The van der Waals surface area contributed by atoms with Crippen molar-refractivity contribution in [1.82, 2.24) is 20.0 Å². The molecule has 1 unspecified atom stereocenters. The monoisotopic (exact) mass is 409 g/mol. The predicted molar refractivity (Wildman–Crippen MR) is 121 cm³/mol. The number of nitrogens with one attached hydrogen (secondary N) is 1. The highest BCUT2D eigenvalue weighted by Crippen LogP contribution is 2.40. The van der Waals surface area contributed by atoms with Crippen molar-refractivity contribution in [3.05, 3.63) is 53.3 Å². The zero-order valence-electron chi connectivity index (χ0n) is 18.6. The number of morpholine rings is 1. The van der Waals surface area contributed by atoms with Gasteiger partial charge < -0.3 is 15.0 Å². The van der Waals surface area contributed by atoms with Crippen molar-refractivity contribution >= 4 is 5.96 Å². The average Bonchev–Trinajstić information content (AvgIpc) is 3.22. The van der Waals surface area contributed by atoms with Gasteiger partial charge in [0, 0.05) is 44.4 Å². The van der Waals surface area contributed by atoms with Gasteiger partial charge in [-0.25, -0.2) is 0 Å². The van der Waals surface area contributed by atoms with Gasteiger partial charge in [-0.2, -0.15) is 5.10 Å². The molecule has 4 rings (SSSR count). The summed E-state index contributed by atoms with van der Waals surface area (Å²) < 4.78 is 7.86. The maximum absolute atomic E-state index is 6.02. The average molecular weight is 410 g/mol. The maximum atomic E-state index is 6.02. The Morgan fingerprint density at radius 3 is 2.77 bits per heavy atom. The number of aryl methyl sites for hydroxylation is 2. The second-order valence-corrected chi connectivity index (χ2v) is 8.81. The summed E-state index contributed by atoms with van der Waals surface area (Å²) in [5.41, 5.74) is 4.22. The standard InChI is InChI=1S/C24H35N5O/c1-19-9-5-6-10-21(19)24(11-7-4-8-12-24)18-26-23(25-2)29-13-14-30-22(17-29)20-15-27-28(3)16-20/h5-6,9-10,15-16,22H,4,7-8,11-14,17-18H2,1-3H3,(H,25,26). The van der Waals surface area contributed by atoms with Gasteiger partial charge in [0.2, 0.25) is 0 Å². The van der Waals surface area contributed by atoms with Crippen molar-refractivity contribution in [2.75, 3.05) is 33.3 Å². The van der Waals surface area contributed by atoms with Gasteiger partial charge in [-0.3, -0.25) is 9.67 Å². The number of hydrogen-bond donors (Lipinski definition) is 1. The van der Waals surface area contributed by atoms with Gasteiger partial charge in [-0.15, -0.1) is 0 Å². The van der Waals surface area contributed by atoms with Gasteiger partial charge in [0.1, 0.15) is 6.10 Å². The second kappa shape index (κ2) is 9.21. The van der Waals surface area contributed by atoms with Crippen LogP contribution in [0.15, 0.2) is 41.7 Å². The number of benzene rings is 1. The van der Waals surface area contributed by atoms with E-state index in [9.17, 15) is 0 Å². The second-order valence-electron chi connectivity index (χ2n) is 8.81. The lowest BCUT2D eigenvalue weighted by atomic mass is 9.68. The Hall–Kier alpha value is -2.34. The fraction of sp³-hybridized carbons (Fsp3) is 0.583. The molecule has 2 fully saturated rings. The van der Waals surface area contributed by atoms with E-state index in [2.05, 4.69) is 51.5 Å². The van der Waals surface area contributed by atoms with Crippen LogP contribution in [0.5, 0.6) is 0 Å². The molecule has 6 heteroatoms. The SMILES string of the molecule is CN=C(NCC1(c2ccccc2C)CCCCC1)N1CCOC(c2cnn(C)c2)C1. The highest BCUT2D eigenvalue weighted by atomic mass is 16.5. The highest BCUT2D eigenvalue weighted by Gasteiger charge is 2.35. The van der Waals surface area contributed by atoms with Crippen molar-refractivity contribution in [2.24, 2.45) is 12.0 Å². The largest absolute Gasteiger partial charge is 0.370 e. The van der Waals surface area contributed by atoms with Gasteiger partial charge in [0.15, 0.2) is 5.96 Å². The molecule has 30 heavy (non-hydrogen) atoms. The van der Waals surface area contributed by atoms with E-state index in [4.69, 9.17) is 4.74 Å². The molecular formula is C24H35N5O. The third kappa shape index (κ3) is 4.38. The molecule has 1 atom stereocenters. The Bertz CT molecular complexity index is 868. The Kier molecular flexibility index (Phi) is 6.42. The minimum atomic E-state index is 0.0333. The van der Waals surface area contributed by atoms with Gasteiger partial charge in [-0.1, -0.05) is 43.5 Å². The summed E-state index contributed by atoms with van der Waals surface area (Å²) in [6.45, 7) is 5.53. The van der Waals surface area contributed by atoms with E-state index in [1.807, 2.05) is 31.2 Å². The smallest absolute Gasteiger partial charge is 0.193 e. The molecule has 162 valence electrons. The first kappa shape index (κ1) is 20.9. The van der Waals surface area contributed by atoms with Gasteiger partial charge in [-0.05, 0) is 30.9 Å². The lowest BCUT2D eigenvalue weighted by molar-refractivity contribution is -0.00815. The first-order valence-electron chi connectivity index (χ1n) is 11.2. The van der Waals surface area contributed by atoms with Gasteiger partial charge in [0.05, 0.1) is 19.3 Å². The van der Waals surface area contributed by atoms with E-state index >= 15 is 0 Å². The number of hydrogen-bond acceptors (Lipinski definition) is 3. The lowest BCUT2D eigenvalue weighted by Crippen LogP contribution is -2.51. The topological polar surface area (TPSA) is 54.7 Å². The van der Waals surface area contributed by atoms with Crippen LogP contribution in [0.3, 0.4) is 0 Å². The highest BCUT2D eigenvalue weighted by molar-refractivity contribution is 5.80. The molecule has 0 amide bonds. The fourth-order valence-electron chi connectivity index (χ4n) is 5.17. The summed E-state index contributed by atoms with van der Waals surface area (Å²) in [6, 6.07) is 8.92. The zero-order valence-corrected chi connectivity index (χ0v) is 18.6. The van der Waals surface area contributed by atoms with Crippen LogP contribution in [0.1, 0.15) is 54.9 Å². The van der Waals surface area contributed by atoms with Crippen LogP contribution < -0.4 is 5.32 Å². The number of ether oxygens (including phenoxy) is 1. The van der Waals surface area contributed by atoms with Crippen molar-refractivity contribution in [1.29, 1.82) is 0 Å². The van der Waals surface area contributed by atoms with E-state index in [-0.39, 0.29) is 11.5 Å². The molecule has 1 aliphatic carbocycles. The molecule has 2 aliphatic rings. The van der Waals surface area contributed by atoms with Crippen LogP contribution in [-0.2, 0) is 17.2 Å². The van der Waals surface area contributed by atoms with Crippen LogP contribution in [0.2, 0.25) is 0 Å². The quantitative estimate of drug-likeness (QED) is 0.619. The van der Waals surface area contributed by atoms with E-state index in [0.717, 1.165) is 31.2 Å². The summed E-state index contributed by atoms with van der Waals surface area (Å²) in [7, 11) is 3.83. The van der Waals surface area contributed by atoms with Gasteiger partial charge >= 0.3 is 0 Å². The molecule has 1 N–H and O–H groups in total. The molecule has 0 bridgehead atoms. The fourth-order valence-corrected chi connectivity index (χ4v) is 5.17. The third-order valence-electron chi connectivity index (χ3n) is 6.79. The molecule has 1 aromatic heterocycles. The summed E-state index contributed by atoms with van der Waals surface area (Å²) in [6.07, 6.45) is 10.4. The molecule has 0 spiro atoms. The predicted octanol–water partition coefficient (Wildman–Crippen LogP) is 3.58. The van der Waals surface area contributed by atoms with Crippen molar-refractivity contribution in [2.45, 2.75) is 50.5 Å². The van der Waals surface area contributed by atoms with Crippen LogP contribution in [0.25, 0.3) is 0 Å². The maximum Gasteiger partial charge on any atom is 0.193 e. The summed E-state index contributed by atoms with van der Waals surface area (Å²) >= 11 is 0. The van der Waals surface area contributed by atoms with E-state index in [0.29, 0.717) is 6.61 Å². The molecule has 1 aromatic carbocycles. The van der Waals surface area contributed by atoms with Crippen LogP contribution >= 0.6 is 0 Å². The van der Waals surface area contributed by atoms with Gasteiger partial charge in [0.25, 0.3) is 0 Å². The Balaban J connectivity index is 1.48. The summed E-state index contributed by atoms with van der Waals surface area (Å²) in [5, 5.41) is 8.05. The summed E-state index contributed by atoms with van der Waals surface area (Å²) in [5.74, 6) is 0.978. The van der Waals surface area contributed by atoms with Crippen LogP contribution in [-0.4, -0.2) is 53.9 Å². The molecular weight excluding hydrogens is 374 g/mol.